The van der Waals surface area contributed by atoms with Gasteiger partial charge in [0.05, 0.1) is 0 Å². The Balaban J connectivity index is 1.80. The van der Waals surface area contributed by atoms with Crippen molar-refractivity contribution in [1.82, 2.24) is 14.9 Å². The lowest BCUT2D eigenvalue weighted by Gasteiger charge is -2.32. The molecule has 1 atom stereocenters. The van der Waals surface area contributed by atoms with Crippen molar-refractivity contribution < 1.29 is 18.7 Å². The molecule has 25 heavy (non-hydrogen) atoms. The molecule has 1 aromatic carbocycles. The first-order valence-electron chi connectivity index (χ1n) is 8.19. The third-order valence-electron chi connectivity index (χ3n) is 4.16. The predicted molar refractivity (Wildman–Crippen MR) is 88.9 cm³/mol. The summed E-state index contributed by atoms with van der Waals surface area (Å²) in [6.07, 6.45) is 4.81. The summed E-state index contributed by atoms with van der Waals surface area (Å²) in [5.74, 6) is -0.136. The molecule has 1 fully saturated rings. The Bertz CT molecular complexity index is 741. The van der Waals surface area contributed by atoms with Gasteiger partial charge in [-0.05, 0) is 25.0 Å². The third kappa shape index (κ3) is 4.11. The number of para-hydroxylation sites is 1. The molecule has 1 amide bonds. The molecule has 0 radical (unpaired) electrons. The minimum atomic E-state index is -0.459. The Morgan fingerprint density at radius 3 is 2.92 bits per heavy atom. The highest BCUT2D eigenvalue weighted by atomic mass is 19.1. The summed E-state index contributed by atoms with van der Waals surface area (Å²) < 4.78 is 24.5. The minimum absolute atomic E-state index is 0.00923. The van der Waals surface area contributed by atoms with Crippen molar-refractivity contribution in [3.8, 4) is 11.6 Å². The van der Waals surface area contributed by atoms with Gasteiger partial charge in [0.2, 0.25) is 11.8 Å². The maximum atomic E-state index is 13.9. The number of piperidine rings is 1. The Morgan fingerprint density at radius 1 is 1.32 bits per heavy atom. The Labute approximate surface area is 145 Å². The summed E-state index contributed by atoms with van der Waals surface area (Å²) in [6, 6.07) is 6.17. The van der Waals surface area contributed by atoms with Crippen LogP contribution in [0.15, 0.2) is 36.7 Å². The Hall–Kier alpha value is -2.54. The van der Waals surface area contributed by atoms with E-state index in [0.717, 1.165) is 12.8 Å². The molecule has 0 spiro atoms. The first-order chi connectivity index (χ1) is 12.2. The third-order valence-corrected chi connectivity index (χ3v) is 4.16. The van der Waals surface area contributed by atoms with Crippen molar-refractivity contribution in [2.24, 2.45) is 0 Å². The van der Waals surface area contributed by atoms with Gasteiger partial charge in [0, 0.05) is 38.5 Å². The van der Waals surface area contributed by atoms with Crippen LogP contribution < -0.4 is 4.74 Å². The number of hydrogen-bond acceptors (Lipinski definition) is 5. The molecule has 132 valence electrons. The van der Waals surface area contributed by atoms with E-state index in [0.29, 0.717) is 18.8 Å². The smallest absolute Gasteiger partial charge is 0.248 e. The van der Waals surface area contributed by atoms with Crippen LogP contribution in [0.3, 0.4) is 0 Å². The molecule has 0 bridgehead atoms. The largest absolute Gasteiger partial charge is 0.434 e. The number of aromatic nitrogens is 2. The average molecular weight is 345 g/mol. The maximum Gasteiger partial charge on any atom is 0.248 e. The molecule has 7 heteroatoms. The number of ether oxygens (including phenoxy) is 2. The number of halogens is 1. The van der Waals surface area contributed by atoms with E-state index >= 15 is 0 Å². The standard InChI is InChI=1S/C18H20FN3O3/c1-24-12-16(23)22-10-4-5-13(11-22)17-18(21-9-8-20-17)25-15-7-3-2-6-14(15)19/h2-3,6-9,13H,4-5,10-12H2,1H3. The van der Waals surface area contributed by atoms with Crippen LogP contribution in [0.25, 0.3) is 0 Å². The highest BCUT2D eigenvalue weighted by molar-refractivity contribution is 5.77. The fourth-order valence-corrected chi connectivity index (χ4v) is 2.97. The lowest BCUT2D eigenvalue weighted by Crippen LogP contribution is -2.41. The number of rotatable bonds is 5. The molecular formula is C18H20FN3O3. The Morgan fingerprint density at radius 2 is 2.12 bits per heavy atom. The van der Waals surface area contributed by atoms with E-state index < -0.39 is 5.82 Å². The van der Waals surface area contributed by atoms with Gasteiger partial charge in [0.25, 0.3) is 0 Å². The summed E-state index contributed by atoms with van der Waals surface area (Å²) >= 11 is 0. The summed E-state index contributed by atoms with van der Waals surface area (Å²) in [5, 5.41) is 0. The molecule has 2 aromatic rings. The number of carbonyl (C=O) groups is 1. The first kappa shape index (κ1) is 17.3. The zero-order valence-corrected chi connectivity index (χ0v) is 14.0. The van der Waals surface area contributed by atoms with E-state index in [9.17, 15) is 9.18 Å². The van der Waals surface area contributed by atoms with Crippen LogP contribution in [0, 0.1) is 5.82 Å². The van der Waals surface area contributed by atoms with Crippen molar-refractivity contribution >= 4 is 5.91 Å². The van der Waals surface area contributed by atoms with E-state index in [1.165, 1.54) is 19.4 Å². The predicted octanol–water partition coefficient (Wildman–Crippen LogP) is 2.76. The Kier molecular flexibility index (Phi) is 5.55. The monoisotopic (exact) mass is 345 g/mol. The van der Waals surface area contributed by atoms with Crippen LogP contribution >= 0.6 is 0 Å². The van der Waals surface area contributed by atoms with Crippen LogP contribution in [0.1, 0.15) is 24.5 Å². The SMILES string of the molecule is COCC(=O)N1CCCC(c2nccnc2Oc2ccccc2F)C1. The molecule has 3 rings (SSSR count). The lowest BCUT2D eigenvalue weighted by atomic mass is 9.94. The van der Waals surface area contributed by atoms with Gasteiger partial charge in [-0.3, -0.25) is 9.78 Å². The fourth-order valence-electron chi connectivity index (χ4n) is 2.97. The molecule has 1 unspecified atom stereocenters. The quantitative estimate of drug-likeness (QED) is 0.834. The number of carbonyl (C=O) groups excluding carboxylic acids is 1. The van der Waals surface area contributed by atoms with E-state index in [4.69, 9.17) is 9.47 Å². The van der Waals surface area contributed by atoms with Crippen LogP contribution in [-0.2, 0) is 9.53 Å². The van der Waals surface area contributed by atoms with Gasteiger partial charge in [-0.1, -0.05) is 12.1 Å². The summed E-state index contributed by atoms with van der Waals surface area (Å²) in [6.45, 7) is 1.28. The number of likely N-dealkylation sites (tertiary alicyclic amines) is 1. The molecule has 1 aliphatic heterocycles. The van der Waals surface area contributed by atoms with E-state index in [-0.39, 0.29) is 30.1 Å². The zero-order valence-electron chi connectivity index (χ0n) is 14.0. The van der Waals surface area contributed by atoms with Crippen molar-refractivity contribution in [3.05, 3.63) is 48.2 Å². The molecule has 2 heterocycles. The van der Waals surface area contributed by atoms with E-state index in [1.54, 1.807) is 29.3 Å². The van der Waals surface area contributed by atoms with Gasteiger partial charge >= 0.3 is 0 Å². The molecule has 0 saturated carbocycles. The number of benzene rings is 1. The van der Waals surface area contributed by atoms with Gasteiger partial charge in [-0.25, -0.2) is 9.37 Å². The van der Waals surface area contributed by atoms with Crippen molar-refractivity contribution in [1.29, 1.82) is 0 Å². The molecule has 1 aromatic heterocycles. The minimum Gasteiger partial charge on any atom is -0.434 e. The lowest BCUT2D eigenvalue weighted by molar-refractivity contribution is -0.136. The van der Waals surface area contributed by atoms with Gasteiger partial charge in [-0.2, -0.15) is 0 Å². The number of hydrogen-bond donors (Lipinski definition) is 0. The molecule has 1 aliphatic rings. The van der Waals surface area contributed by atoms with E-state index in [2.05, 4.69) is 9.97 Å². The summed E-state index contributed by atoms with van der Waals surface area (Å²) in [5.41, 5.74) is 0.640. The average Bonchev–Trinajstić information content (AvgIpc) is 2.64. The van der Waals surface area contributed by atoms with Gasteiger partial charge < -0.3 is 14.4 Å². The van der Waals surface area contributed by atoms with Gasteiger partial charge in [0.1, 0.15) is 12.3 Å². The molecule has 0 aliphatic carbocycles. The topological polar surface area (TPSA) is 64.5 Å². The van der Waals surface area contributed by atoms with Crippen LogP contribution in [-0.4, -0.2) is 47.6 Å². The number of nitrogens with zero attached hydrogens (tertiary/aromatic N) is 3. The van der Waals surface area contributed by atoms with Crippen LogP contribution in [0.2, 0.25) is 0 Å². The molecule has 6 nitrogen and oxygen atoms in total. The highest BCUT2D eigenvalue weighted by Gasteiger charge is 2.28. The fraction of sp³-hybridized carbons (Fsp3) is 0.389. The van der Waals surface area contributed by atoms with Gasteiger partial charge in [-0.15, -0.1) is 0 Å². The summed E-state index contributed by atoms with van der Waals surface area (Å²) in [4.78, 5) is 22.4. The molecular weight excluding hydrogens is 325 g/mol. The first-order valence-corrected chi connectivity index (χ1v) is 8.19. The zero-order chi connectivity index (χ0) is 17.6. The van der Waals surface area contributed by atoms with Crippen LogP contribution in [0.5, 0.6) is 11.6 Å². The van der Waals surface area contributed by atoms with Crippen molar-refractivity contribution in [3.63, 3.8) is 0 Å². The van der Waals surface area contributed by atoms with Crippen LogP contribution in [0.4, 0.5) is 4.39 Å². The number of methoxy groups -OCH3 is 1. The van der Waals surface area contributed by atoms with Gasteiger partial charge in [0.15, 0.2) is 11.6 Å². The van der Waals surface area contributed by atoms with Crippen molar-refractivity contribution in [2.45, 2.75) is 18.8 Å². The second-order valence-corrected chi connectivity index (χ2v) is 5.89. The second-order valence-electron chi connectivity index (χ2n) is 5.89. The normalized spacial score (nSPS) is 17.4. The molecule has 1 saturated heterocycles. The second kappa shape index (κ2) is 8.02. The molecule has 0 N–H and O–H groups in total. The number of amides is 1. The maximum absolute atomic E-state index is 13.9. The van der Waals surface area contributed by atoms with Crippen molar-refractivity contribution in [2.75, 3.05) is 26.8 Å². The highest BCUT2D eigenvalue weighted by Crippen LogP contribution is 2.33. The summed E-state index contributed by atoms with van der Waals surface area (Å²) in [7, 11) is 1.50. The van der Waals surface area contributed by atoms with E-state index in [1.807, 2.05) is 0 Å².